The molecule has 1 N–H and O–H groups in total. The number of anilines is 1. The van der Waals surface area contributed by atoms with Gasteiger partial charge in [0.15, 0.2) is 0 Å². The summed E-state index contributed by atoms with van der Waals surface area (Å²) in [5, 5.41) is 2.44. The zero-order valence-electron chi connectivity index (χ0n) is 17.1. The molecule has 1 saturated heterocycles. The van der Waals surface area contributed by atoms with Gasteiger partial charge in [-0.2, -0.15) is 0 Å². The maximum atomic E-state index is 12.8. The number of benzene rings is 1. The second-order valence-corrected chi connectivity index (χ2v) is 11.3. The van der Waals surface area contributed by atoms with Crippen LogP contribution in [0.4, 0.5) is 5.69 Å². The summed E-state index contributed by atoms with van der Waals surface area (Å²) in [5.41, 5.74) is 4.08. The molecule has 6 nitrogen and oxygen atoms in total. The van der Waals surface area contributed by atoms with E-state index >= 15 is 0 Å². The lowest BCUT2D eigenvalue weighted by Crippen LogP contribution is -2.27. The standard InChI is InChI=1S/C21H23N3O3S3/c1-13-6-7-17(10-14(13)2)23-30(26,27)18-11-16(12-28-18)20-22-15(3)19(29-20)21(25)24-8-4-5-9-24/h6-7,10-12,23H,4-5,8-9H2,1-3H3. The number of thiazole rings is 1. The molecule has 158 valence electrons. The average molecular weight is 462 g/mol. The number of nitrogens with one attached hydrogen (secondary N) is 1. The zero-order valence-corrected chi connectivity index (χ0v) is 19.5. The molecule has 0 aliphatic carbocycles. The first-order valence-electron chi connectivity index (χ1n) is 9.70. The Morgan fingerprint density at radius 3 is 2.53 bits per heavy atom. The second kappa shape index (κ2) is 8.13. The van der Waals surface area contributed by atoms with Crippen LogP contribution in [0.5, 0.6) is 0 Å². The second-order valence-electron chi connectivity index (χ2n) is 7.49. The Morgan fingerprint density at radius 1 is 1.10 bits per heavy atom. The Balaban J connectivity index is 1.57. The van der Waals surface area contributed by atoms with Crippen molar-refractivity contribution < 1.29 is 13.2 Å². The molecular formula is C21H23N3O3S3. The normalized spacial score (nSPS) is 14.3. The lowest BCUT2D eigenvalue weighted by molar-refractivity contribution is 0.0796. The van der Waals surface area contributed by atoms with E-state index in [1.54, 1.807) is 17.5 Å². The molecule has 1 amide bonds. The molecule has 1 fully saturated rings. The van der Waals surface area contributed by atoms with E-state index in [2.05, 4.69) is 9.71 Å². The van der Waals surface area contributed by atoms with Crippen LogP contribution in [0.25, 0.3) is 10.6 Å². The van der Waals surface area contributed by atoms with Crippen molar-refractivity contribution in [3.63, 3.8) is 0 Å². The van der Waals surface area contributed by atoms with E-state index in [-0.39, 0.29) is 10.1 Å². The minimum Gasteiger partial charge on any atom is -0.338 e. The highest BCUT2D eigenvalue weighted by Gasteiger charge is 2.25. The summed E-state index contributed by atoms with van der Waals surface area (Å²) < 4.78 is 28.5. The summed E-state index contributed by atoms with van der Waals surface area (Å²) in [6.45, 7) is 7.34. The van der Waals surface area contributed by atoms with Crippen molar-refractivity contribution in [2.24, 2.45) is 0 Å². The van der Waals surface area contributed by atoms with E-state index in [4.69, 9.17) is 0 Å². The van der Waals surface area contributed by atoms with Crippen molar-refractivity contribution in [2.75, 3.05) is 17.8 Å². The fourth-order valence-electron chi connectivity index (χ4n) is 3.36. The molecular weight excluding hydrogens is 438 g/mol. The Hall–Kier alpha value is -2.23. The van der Waals surface area contributed by atoms with Crippen LogP contribution in [0.15, 0.2) is 33.9 Å². The molecule has 4 rings (SSSR count). The van der Waals surface area contributed by atoms with Gasteiger partial charge >= 0.3 is 0 Å². The van der Waals surface area contributed by atoms with Crippen LogP contribution in [0.2, 0.25) is 0 Å². The first-order valence-corrected chi connectivity index (χ1v) is 12.9. The van der Waals surface area contributed by atoms with Crippen LogP contribution in [0, 0.1) is 20.8 Å². The summed E-state index contributed by atoms with van der Waals surface area (Å²) in [7, 11) is -3.69. The first-order chi connectivity index (χ1) is 14.2. The maximum absolute atomic E-state index is 12.8. The number of carbonyl (C=O) groups excluding carboxylic acids is 1. The van der Waals surface area contributed by atoms with Gasteiger partial charge in [-0.05, 0) is 62.9 Å². The van der Waals surface area contributed by atoms with Crippen LogP contribution in [-0.4, -0.2) is 37.3 Å². The monoisotopic (exact) mass is 461 g/mol. The molecule has 3 aromatic rings. The van der Waals surface area contributed by atoms with Gasteiger partial charge in [-0.1, -0.05) is 6.07 Å². The van der Waals surface area contributed by atoms with Gasteiger partial charge in [0.1, 0.15) is 14.1 Å². The number of thiophene rings is 1. The van der Waals surface area contributed by atoms with E-state index in [9.17, 15) is 13.2 Å². The molecule has 30 heavy (non-hydrogen) atoms. The molecule has 1 aromatic carbocycles. The molecule has 9 heteroatoms. The van der Waals surface area contributed by atoms with E-state index in [1.165, 1.54) is 11.3 Å². The molecule has 0 atom stereocenters. The van der Waals surface area contributed by atoms with E-state index in [0.717, 1.165) is 48.4 Å². The highest BCUT2D eigenvalue weighted by molar-refractivity contribution is 7.94. The number of nitrogens with zero attached hydrogens (tertiary/aromatic N) is 2. The average Bonchev–Trinajstić information content (AvgIpc) is 3.44. The van der Waals surface area contributed by atoms with Crippen LogP contribution >= 0.6 is 22.7 Å². The van der Waals surface area contributed by atoms with Gasteiger partial charge in [-0.15, -0.1) is 22.7 Å². The van der Waals surface area contributed by atoms with Gasteiger partial charge in [0.05, 0.1) is 5.69 Å². The van der Waals surface area contributed by atoms with Crippen LogP contribution in [0.1, 0.15) is 39.3 Å². The van der Waals surface area contributed by atoms with Gasteiger partial charge in [-0.3, -0.25) is 9.52 Å². The third kappa shape index (κ3) is 4.14. The number of carbonyl (C=O) groups is 1. The number of rotatable bonds is 5. The van der Waals surface area contributed by atoms with Crippen LogP contribution < -0.4 is 4.72 Å². The quantitative estimate of drug-likeness (QED) is 0.590. The number of aromatic nitrogens is 1. The Morgan fingerprint density at radius 2 is 1.83 bits per heavy atom. The Labute approximate surface area is 184 Å². The fourth-order valence-corrected chi connectivity index (χ4v) is 6.67. The highest BCUT2D eigenvalue weighted by atomic mass is 32.2. The van der Waals surface area contributed by atoms with E-state index < -0.39 is 10.0 Å². The SMILES string of the molecule is Cc1ccc(NS(=O)(=O)c2cc(-c3nc(C)c(C(=O)N4CCCC4)s3)cs2)cc1C. The van der Waals surface area contributed by atoms with Crippen molar-refractivity contribution in [1.82, 2.24) is 9.88 Å². The summed E-state index contributed by atoms with van der Waals surface area (Å²) >= 11 is 2.48. The largest absolute Gasteiger partial charge is 0.338 e. The molecule has 0 unspecified atom stereocenters. The fraction of sp³-hybridized carbons (Fsp3) is 0.333. The van der Waals surface area contributed by atoms with Crippen LogP contribution in [0.3, 0.4) is 0 Å². The lowest BCUT2D eigenvalue weighted by Gasteiger charge is -2.13. The van der Waals surface area contributed by atoms with Crippen molar-refractivity contribution in [3.05, 3.63) is 51.3 Å². The highest BCUT2D eigenvalue weighted by Crippen LogP contribution is 2.34. The number of hydrogen-bond acceptors (Lipinski definition) is 6. The van der Waals surface area contributed by atoms with Gasteiger partial charge in [0.2, 0.25) is 0 Å². The smallest absolute Gasteiger partial charge is 0.271 e. The Kier molecular flexibility index (Phi) is 5.69. The maximum Gasteiger partial charge on any atom is 0.271 e. The summed E-state index contributed by atoms with van der Waals surface area (Å²) in [6.07, 6.45) is 2.07. The summed E-state index contributed by atoms with van der Waals surface area (Å²) in [4.78, 5) is 19.8. The summed E-state index contributed by atoms with van der Waals surface area (Å²) in [5.74, 6) is 0.0215. The topological polar surface area (TPSA) is 79.4 Å². The van der Waals surface area contributed by atoms with Crippen molar-refractivity contribution in [3.8, 4) is 10.6 Å². The van der Waals surface area contributed by atoms with Crippen molar-refractivity contribution in [2.45, 2.75) is 37.8 Å². The first kappa shape index (κ1) is 21.0. The number of sulfonamides is 1. The third-order valence-corrected chi connectivity index (χ3v) is 9.25. The summed E-state index contributed by atoms with van der Waals surface area (Å²) in [6, 6.07) is 7.09. The predicted molar refractivity (Wildman–Crippen MR) is 122 cm³/mol. The predicted octanol–water partition coefficient (Wildman–Crippen LogP) is 4.83. The molecule has 3 heterocycles. The molecule has 1 aliphatic rings. The zero-order chi connectivity index (χ0) is 21.5. The minimum absolute atomic E-state index is 0.0215. The van der Waals surface area contributed by atoms with Gasteiger partial charge in [0, 0.05) is 29.7 Å². The number of hydrogen-bond donors (Lipinski definition) is 1. The molecule has 2 aromatic heterocycles. The van der Waals surface area contributed by atoms with Crippen molar-refractivity contribution in [1.29, 1.82) is 0 Å². The minimum atomic E-state index is -3.69. The molecule has 0 bridgehead atoms. The van der Waals surface area contributed by atoms with E-state index in [0.29, 0.717) is 26.8 Å². The van der Waals surface area contributed by atoms with Gasteiger partial charge < -0.3 is 4.90 Å². The molecule has 1 aliphatic heterocycles. The van der Waals surface area contributed by atoms with Crippen LogP contribution in [-0.2, 0) is 10.0 Å². The third-order valence-electron chi connectivity index (χ3n) is 5.23. The lowest BCUT2D eigenvalue weighted by atomic mass is 10.1. The number of amides is 1. The number of aryl methyl sites for hydroxylation is 3. The van der Waals surface area contributed by atoms with E-state index in [1.807, 2.05) is 37.8 Å². The molecule has 0 radical (unpaired) electrons. The van der Waals surface area contributed by atoms with Crippen molar-refractivity contribution >= 4 is 44.3 Å². The van der Waals surface area contributed by atoms with Gasteiger partial charge in [-0.25, -0.2) is 13.4 Å². The molecule has 0 saturated carbocycles. The molecule has 0 spiro atoms. The van der Waals surface area contributed by atoms with Gasteiger partial charge in [0.25, 0.3) is 15.9 Å². The Bertz CT molecular complexity index is 1210. The number of likely N-dealkylation sites (tertiary alicyclic amines) is 1.